The Kier molecular flexibility index (Phi) is 5.08. The van der Waals surface area contributed by atoms with E-state index in [-0.39, 0.29) is 24.4 Å². The summed E-state index contributed by atoms with van der Waals surface area (Å²) < 4.78 is 3.34. The van der Waals surface area contributed by atoms with E-state index in [2.05, 4.69) is 79.4 Å². The van der Waals surface area contributed by atoms with Crippen LogP contribution in [0.15, 0.2) is 59.2 Å². The highest BCUT2D eigenvalue weighted by Crippen LogP contribution is 2.28. The van der Waals surface area contributed by atoms with Crippen LogP contribution in [0, 0.1) is 0 Å². The van der Waals surface area contributed by atoms with Gasteiger partial charge in [0.1, 0.15) is 6.04 Å². The lowest BCUT2D eigenvalue weighted by molar-refractivity contribution is -0.149. The zero-order valence-corrected chi connectivity index (χ0v) is 18.1. The van der Waals surface area contributed by atoms with Crippen LogP contribution < -0.4 is 5.32 Å². The van der Waals surface area contributed by atoms with Gasteiger partial charge in [-0.2, -0.15) is 0 Å². The van der Waals surface area contributed by atoms with Crippen LogP contribution in [0.25, 0.3) is 10.9 Å². The minimum Gasteiger partial charge on any atom is -0.345 e. The van der Waals surface area contributed by atoms with Crippen molar-refractivity contribution in [1.82, 2.24) is 19.7 Å². The molecule has 2 amide bonds. The number of nitrogens with zero attached hydrogens (tertiary/aromatic N) is 3. The number of halogens is 1. The van der Waals surface area contributed by atoms with Crippen LogP contribution in [0.1, 0.15) is 11.1 Å². The van der Waals surface area contributed by atoms with Crippen molar-refractivity contribution in [2.24, 2.45) is 0 Å². The molecule has 2 aromatic carbocycles. The SMILES string of the molecule is O=C1NCC(=O)N2CCN(Cc3cn(Cc4ccccc4)c4ccc(Br)cc34)CC12. The molecule has 2 aliphatic rings. The molecule has 7 heteroatoms. The maximum atomic E-state index is 12.3. The summed E-state index contributed by atoms with van der Waals surface area (Å²) in [4.78, 5) is 28.4. The van der Waals surface area contributed by atoms with Gasteiger partial charge in [-0.15, -0.1) is 0 Å². The molecule has 0 aliphatic carbocycles. The number of amides is 2. The van der Waals surface area contributed by atoms with Crippen molar-refractivity contribution in [2.45, 2.75) is 19.1 Å². The molecular formula is C23H23BrN4O2. The molecule has 30 heavy (non-hydrogen) atoms. The molecule has 5 rings (SSSR count). The van der Waals surface area contributed by atoms with Gasteiger partial charge in [-0.3, -0.25) is 14.5 Å². The Bertz CT molecular complexity index is 1110. The van der Waals surface area contributed by atoms with Gasteiger partial charge in [0.2, 0.25) is 11.8 Å². The second kappa shape index (κ2) is 7.89. The first kappa shape index (κ1) is 19.3. The summed E-state index contributed by atoms with van der Waals surface area (Å²) in [5, 5.41) is 3.93. The molecule has 0 saturated carbocycles. The van der Waals surface area contributed by atoms with E-state index in [4.69, 9.17) is 0 Å². The summed E-state index contributed by atoms with van der Waals surface area (Å²) in [5.74, 6) is -0.0313. The maximum Gasteiger partial charge on any atom is 0.244 e. The van der Waals surface area contributed by atoms with Crippen molar-refractivity contribution in [2.75, 3.05) is 26.2 Å². The van der Waals surface area contributed by atoms with E-state index in [1.807, 2.05) is 6.07 Å². The van der Waals surface area contributed by atoms with Crippen molar-refractivity contribution in [3.63, 3.8) is 0 Å². The third-order valence-corrected chi connectivity index (χ3v) is 6.51. The number of carbonyl (C=O) groups excluding carboxylic acids is 2. The van der Waals surface area contributed by atoms with Gasteiger partial charge in [0.05, 0.1) is 6.54 Å². The van der Waals surface area contributed by atoms with Gasteiger partial charge in [0, 0.05) is 54.3 Å². The summed E-state index contributed by atoms with van der Waals surface area (Å²) in [7, 11) is 0. The highest BCUT2D eigenvalue weighted by Gasteiger charge is 2.38. The van der Waals surface area contributed by atoms with E-state index in [0.717, 1.165) is 24.1 Å². The predicted octanol–water partition coefficient (Wildman–Crippen LogP) is 2.59. The molecule has 0 spiro atoms. The van der Waals surface area contributed by atoms with E-state index in [1.54, 1.807) is 4.90 Å². The Hall–Kier alpha value is -2.64. The van der Waals surface area contributed by atoms with Crippen LogP contribution in [-0.4, -0.2) is 58.4 Å². The smallest absolute Gasteiger partial charge is 0.244 e. The summed E-state index contributed by atoms with van der Waals surface area (Å²) in [6.07, 6.45) is 2.22. The molecule has 1 aromatic heterocycles. The van der Waals surface area contributed by atoms with Gasteiger partial charge in [-0.25, -0.2) is 0 Å². The number of piperazine rings is 2. The van der Waals surface area contributed by atoms with Gasteiger partial charge in [0.25, 0.3) is 0 Å². The molecule has 6 nitrogen and oxygen atoms in total. The van der Waals surface area contributed by atoms with E-state index in [0.29, 0.717) is 13.1 Å². The number of nitrogens with one attached hydrogen (secondary N) is 1. The summed E-state index contributed by atoms with van der Waals surface area (Å²) in [6, 6.07) is 16.4. The third kappa shape index (κ3) is 3.63. The van der Waals surface area contributed by atoms with Crippen LogP contribution in [-0.2, 0) is 22.7 Å². The highest BCUT2D eigenvalue weighted by molar-refractivity contribution is 9.10. The van der Waals surface area contributed by atoms with Crippen LogP contribution in [0.4, 0.5) is 0 Å². The van der Waals surface area contributed by atoms with Gasteiger partial charge in [0.15, 0.2) is 0 Å². The van der Waals surface area contributed by atoms with Gasteiger partial charge in [-0.05, 0) is 29.3 Å². The Labute approximate surface area is 183 Å². The largest absolute Gasteiger partial charge is 0.345 e. The first-order valence-corrected chi connectivity index (χ1v) is 11.0. The third-order valence-electron chi connectivity index (χ3n) is 6.02. The highest BCUT2D eigenvalue weighted by atomic mass is 79.9. The minimum atomic E-state index is -0.385. The molecule has 1 atom stereocenters. The topological polar surface area (TPSA) is 57.6 Å². The molecule has 1 unspecified atom stereocenters. The van der Waals surface area contributed by atoms with E-state index < -0.39 is 0 Å². The number of aromatic nitrogens is 1. The van der Waals surface area contributed by atoms with Crippen LogP contribution in [0.5, 0.6) is 0 Å². The zero-order chi connectivity index (χ0) is 20.7. The molecule has 1 N–H and O–H groups in total. The number of fused-ring (bicyclic) bond motifs is 2. The quantitative estimate of drug-likeness (QED) is 0.642. The molecule has 2 saturated heterocycles. The predicted molar refractivity (Wildman–Crippen MR) is 119 cm³/mol. The number of rotatable bonds is 4. The Morgan fingerprint density at radius 1 is 1.03 bits per heavy atom. The summed E-state index contributed by atoms with van der Waals surface area (Å²) >= 11 is 3.61. The lowest BCUT2D eigenvalue weighted by Crippen LogP contribution is -2.65. The van der Waals surface area contributed by atoms with Crippen LogP contribution in [0.2, 0.25) is 0 Å². The van der Waals surface area contributed by atoms with E-state index >= 15 is 0 Å². The lowest BCUT2D eigenvalue weighted by atomic mass is 10.1. The zero-order valence-electron chi connectivity index (χ0n) is 16.6. The number of carbonyl (C=O) groups is 2. The number of hydrogen-bond acceptors (Lipinski definition) is 3. The summed E-state index contributed by atoms with van der Waals surface area (Å²) in [6.45, 7) is 3.62. The maximum absolute atomic E-state index is 12.3. The van der Waals surface area contributed by atoms with E-state index in [9.17, 15) is 9.59 Å². The Morgan fingerprint density at radius 3 is 2.70 bits per heavy atom. The number of hydrogen-bond donors (Lipinski definition) is 1. The molecule has 3 heterocycles. The molecular weight excluding hydrogens is 444 g/mol. The van der Waals surface area contributed by atoms with Gasteiger partial charge >= 0.3 is 0 Å². The number of benzene rings is 2. The van der Waals surface area contributed by atoms with Gasteiger partial charge < -0.3 is 14.8 Å². The molecule has 2 fully saturated rings. The first-order chi connectivity index (χ1) is 14.6. The van der Waals surface area contributed by atoms with E-state index in [1.165, 1.54) is 22.0 Å². The monoisotopic (exact) mass is 466 g/mol. The molecule has 0 bridgehead atoms. The van der Waals surface area contributed by atoms with Crippen molar-refractivity contribution in [3.05, 3.63) is 70.3 Å². The lowest BCUT2D eigenvalue weighted by Gasteiger charge is -2.42. The second-order valence-corrected chi connectivity index (χ2v) is 8.90. The summed E-state index contributed by atoms with van der Waals surface area (Å²) in [5.41, 5.74) is 3.69. The average Bonchev–Trinajstić information content (AvgIpc) is 3.08. The average molecular weight is 467 g/mol. The Balaban J connectivity index is 1.42. The fraction of sp³-hybridized carbons (Fsp3) is 0.304. The fourth-order valence-corrected chi connectivity index (χ4v) is 4.87. The fourth-order valence-electron chi connectivity index (χ4n) is 4.51. The Morgan fingerprint density at radius 2 is 1.87 bits per heavy atom. The first-order valence-electron chi connectivity index (χ1n) is 10.2. The second-order valence-electron chi connectivity index (χ2n) is 7.99. The van der Waals surface area contributed by atoms with Gasteiger partial charge in [-0.1, -0.05) is 46.3 Å². The van der Waals surface area contributed by atoms with Crippen LogP contribution >= 0.6 is 15.9 Å². The molecule has 3 aromatic rings. The standard InChI is InChI=1S/C23H23BrN4O2/c24-18-6-7-20-19(10-18)17(14-27(20)12-16-4-2-1-3-5-16)13-26-8-9-28-21(15-26)23(30)25-11-22(28)29/h1-7,10,14,21H,8-9,11-13,15H2,(H,25,30). The molecule has 2 aliphatic heterocycles. The normalized spacial score (nSPS) is 19.8. The molecule has 0 radical (unpaired) electrons. The van der Waals surface area contributed by atoms with Crippen molar-refractivity contribution in [3.8, 4) is 0 Å². The van der Waals surface area contributed by atoms with Crippen molar-refractivity contribution >= 4 is 38.6 Å². The van der Waals surface area contributed by atoms with Crippen molar-refractivity contribution in [1.29, 1.82) is 0 Å². The van der Waals surface area contributed by atoms with Crippen LogP contribution in [0.3, 0.4) is 0 Å². The molecule has 154 valence electrons. The van der Waals surface area contributed by atoms with Crippen molar-refractivity contribution < 1.29 is 9.59 Å². The minimum absolute atomic E-state index is 0.0163.